The minimum Gasteiger partial charge on any atom is -0.494 e. The van der Waals surface area contributed by atoms with Gasteiger partial charge in [0.05, 0.1) is 13.2 Å². The Morgan fingerprint density at radius 1 is 1.19 bits per heavy atom. The van der Waals surface area contributed by atoms with Crippen molar-refractivity contribution >= 4 is 12.0 Å². The average Bonchev–Trinajstić information content (AvgIpc) is 2.40. The van der Waals surface area contributed by atoms with Crippen molar-refractivity contribution < 1.29 is 32.5 Å². The van der Waals surface area contributed by atoms with Gasteiger partial charge in [-0.2, -0.15) is 13.2 Å². The number of carbonyl (C=O) groups is 1. The summed E-state index contributed by atoms with van der Waals surface area (Å²) in [4.78, 5) is 10.3. The van der Waals surface area contributed by atoms with E-state index in [0.717, 1.165) is 6.08 Å². The monoisotopic (exact) mass is 304 g/mol. The molecule has 0 aromatic heterocycles. The summed E-state index contributed by atoms with van der Waals surface area (Å²) < 4.78 is 45.1. The lowest BCUT2D eigenvalue weighted by Crippen LogP contribution is -2.18. The van der Waals surface area contributed by atoms with Crippen LogP contribution >= 0.6 is 0 Å². The number of ether oxygens (including phenoxy) is 2. The summed E-state index contributed by atoms with van der Waals surface area (Å²) >= 11 is 0. The van der Waals surface area contributed by atoms with E-state index >= 15 is 0 Å². The van der Waals surface area contributed by atoms with Crippen LogP contribution in [-0.2, 0) is 9.53 Å². The van der Waals surface area contributed by atoms with E-state index in [-0.39, 0.29) is 13.2 Å². The Morgan fingerprint density at radius 3 is 2.43 bits per heavy atom. The van der Waals surface area contributed by atoms with E-state index in [4.69, 9.17) is 9.84 Å². The highest BCUT2D eigenvalue weighted by Gasteiger charge is 2.27. The van der Waals surface area contributed by atoms with Crippen molar-refractivity contribution in [3.05, 3.63) is 35.9 Å². The third-order valence-electron chi connectivity index (χ3n) is 2.27. The van der Waals surface area contributed by atoms with Gasteiger partial charge >= 0.3 is 12.1 Å². The second-order valence-electron chi connectivity index (χ2n) is 4.11. The molecule has 1 aromatic rings. The number of halogens is 3. The van der Waals surface area contributed by atoms with E-state index in [1.807, 2.05) is 0 Å². The van der Waals surface area contributed by atoms with Crippen molar-refractivity contribution in [1.29, 1.82) is 0 Å². The molecule has 0 unspecified atom stereocenters. The predicted molar refractivity (Wildman–Crippen MR) is 70.1 cm³/mol. The van der Waals surface area contributed by atoms with Crippen molar-refractivity contribution in [2.45, 2.75) is 12.6 Å². The number of hydrogen-bond acceptors (Lipinski definition) is 3. The summed E-state index contributed by atoms with van der Waals surface area (Å²) in [5.74, 6) is -0.479. The van der Waals surface area contributed by atoms with Crippen LogP contribution < -0.4 is 4.74 Å². The SMILES string of the molecule is O=C(O)C=Cc1ccc(OCCCOCC(F)(F)F)cc1. The maximum absolute atomic E-state index is 11.8. The highest BCUT2D eigenvalue weighted by atomic mass is 19.4. The lowest BCUT2D eigenvalue weighted by atomic mass is 10.2. The number of benzene rings is 1. The maximum atomic E-state index is 11.8. The molecule has 4 nitrogen and oxygen atoms in total. The van der Waals surface area contributed by atoms with E-state index in [9.17, 15) is 18.0 Å². The third kappa shape index (κ3) is 8.69. The van der Waals surface area contributed by atoms with Gasteiger partial charge in [0.25, 0.3) is 0 Å². The molecular weight excluding hydrogens is 289 g/mol. The zero-order valence-corrected chi connectivity index (χ0v) is 11.1. The van der Waals surface area contributed by atoms with Crippen LogP contribution in [0.15, 0.2) is 30.3 Å². The fourth-order valence-electron chi connectivity index (χ4n) is 1.38. The highest BCUT2D eigenvalue weighted by molar-refractivity contribution is 5.85. The summed E-state index contributed by atoms with van der Waals surface area (Å²) in [5, 5.41) is 8.47. The molecule has 21 heavy (non-hydrogen) atoms. The van der Waals surface area contributed by atoms with E-state index < -0.39 is 18.8 Å². The Bertz CT molecular complexity index is 466. The van der Waals surface area contributed by atoms with Gasteiger partial charge in [-0.15, -0.1) is 0 Å². The molecule has 116 valence electrons. The zero-order valence-electron chi connectivity index (χ0n) is 11.1. The molecule has 0 radical (unpaired) electrons. The standard InChI is InChI=1S/C14H15F3O4/c15-14(16,17)10-20-8-1-9-21-12-5-2-11(3-6-12)4-7-13(18)19/h2-7H,1,8-10H2,(H,18,19). The summed E-state index contributed by atoms with van der Waals surface area (Å²) in [5.41, 5.74) is 0.707. The van der Waals surface area contributed by atoms with Crippen LogP contribution in [0.1, 0.15) is 12.0 Å². The Kier molecular flexibility index (Phi) is 6.74. The number of aliphatic carboxylic acids is 1. The van der Waals surface area contributed by atoms with Crippen molar-refractivity contribution in [1.82, 2.24) is 0 Å². The van der Waals surface area contributed by atoms with Crippen LogP contribution in [0.2, 0.25) is 0 Å². The van der Waals surface area contributed by atoms with Crippen LogP contribution in [0.3, 0.4) is 0 Å². The minimum atomic E-state index is -4.31. The largest absolute Gasteiger partial charge is 0.494 e. The molecule has 0 aliphatic heterocycles. The predicted octanol–water partition coefficient (Wildman–Crippen LogP) is 3.13. The van der Waals surface area contributed by atoms with Crippen LogP contribution in [-0.4, -0.2) is 37.1 Å². The Hall–Kier alpha value is -2.02. The zero-order chi connectivity index (χ0) is 15.7. The lowest BCUT2D eigenvalue weighted by Gasteiger charge is -2.08. The number of carboxylic acids is 1. The first-order valence-corrected chi connectivity index (χ1v) is 6.15. The Balaban J connectivity index is 2.22. The van der Waals surface area contributed by atoms with E-state index in [0.29, 0.717) is 17.7 Å². The molecule has 0 aliphatic rings. The van der Waals surface area contributed by atoms with Gasteiger partial charge in [0.1, 0.15) is 12.4 Å². The fourth-order valence-corrected chi connectivity index (χ4v) is 1.38. The second-order valence-corrected chi connectivity index (χ2v) is 4.11. The van der Waals surface area contributed by atoms with Crippen LogP contribution in [0.4, 0.5) is 13.2 Å². The molecular formula is C14H15F3O4. The molecule has 7 heteroatoms. The van der Waals surface area contributed by atoms with E-state index in [1.54, 1.807) is 24.3 Å². The molecule has 0 saturated heterocycles. The van der Waals surface area contributed by atoms with Gasteiger partial charge in [-0.05, 0) is 23.8 Å². The first-order valence-electron chi connectivity index (χ1n) is 6.15. The van der Waals surface area contributed by atoms with Crippen LogP contribution in [0.25, 0.3) is 6.08 Å². The molecule has 0 saturated carbocycles. The van der Waals surface area contributed by atoms with Gasteiger partial charge in [-0.25, -0.2) is 4.79 Å². The number of rotatable bonds is 8. The topological polar surface area (TPSA) is 55.8 Å². The Morgan fingerprint density at radius 2 is 1.86 bits per heavy atom. The normalized spacial score (nSPS) is 11.8. The van der Waals surface area contributed by atoms with E-state index in [2.05, 4.69) is 4.74 Å². The molecule has 0 atom stereocenters. The van der Waals surface area contributed by atoms with Gasteiger partial charge in [0.15, 0.2) is 0 Å². The van der Waals surface area contributed by atoms with E-state index in [1.165, 1.54) is 6.08 Å². The van der Waals surface area contributed by atoms with Gasteiger partial charge in [-0.1, -0.05) is 12.1 Å². The Labute approximate surface area is 119 Å². The summed E-state index contributed by atoms with van der Waals surface area (Å²) in [6.45, 7) is -1.04. The van der Waals surface area contributed by atoms with Crippen molar-refractivity contribution in [3.8, 4) is 5.75 Å². The van der Waals surface area contributed by atoms with Gasteiger partial charge in [0.2, 0.25) is 0 Å². The first-order chi connectivity index (χ1) is 9.87. The molecule has 0 aliphatic carbocycles. The lowest BCUT2D eigenvalue weighted by molar-refractivity contribution is -0.174. The number of hydrogen-bond donors (Lipinski definition) is 1. The van der Waals surface area contributed by atoms with Crippen molar-refractivity contribution in [2.24, 2.45) is 0 Å². The third-order valence-corrected chi connectivity index (χ3v) is 2.27. The smallest absolute Gasteiger partial charge is 0.411 e. The highest BCUT2D eigenvalue weighted by Crippen LogP contribution is 2.15. The summed E-state index contributed by atoms with van der Waals surface area (Å²) in [6, 6.07) is 6.65. The van der Waals surface area contributed by atoms with Gasteiger partial charge in [0, 0.05) is 12.5 Å². The quantitative estimate of drug-likeness (QED) is 0.592. The molecule has 0 spiro atoms. The maximum Gasteiger partial charge on any atom is 0.411 e. The first kappa shape index (κ1) is 17.0. The second kappa shape index (κ2) is 8.31. The molecule has 0 heterocycles. The van der Waals surface area contributed by atoms with Crippen molar-refractivity contribution in [2.75, 3.05) is 19.8 Å². The minimum absolute atomic E-state index is 0.0288. The van der Waals surface area contributed by atoms with Gasteiger partial charge < -0.3 is 14.6 Å². The van der Waals surface area contributed by atoms with Gasteiger partial charge in [-0.3, -0.25) is 0 Å². The summed E-state index contributed by atoms with van der Waals surface area (Å²) in [6.07, 6.45) is -1.50. The molecule has 1 N–H and O–H groups in total. The molecule has 0 bridgehead atoms. The van der Waals surface area contributed by atoms with Crippen molar-refractivity contribution in [3.63, 3.8) is 0 Å². The average molecular weight is 304 g/mol. The fraction of sp³-hybridized carbons (Fsp3) is 0.357. The molecule has 1 aromatic carbocycles. The summed E-state index contributed by atoms with van der Waals surface area (Å²) in [7, 11) is 0. The molecule has 1 rings (SSSR count). The number of alkyl halides is 3. The molecule has 0 fully saturated rings. The number of carboxylic acid groups (broad SMARTS) is 1. The van der Waals surface area contributed by atoms with Crippen LogP contribution in [0.5, 0.6) is 5.75 Å². The molecule has 0 amide bonds. The van der Waals surface area contributed by atoms with Crippen LogP contribution in [0, 0.1) is 0 Å².